The minimum atomic E-state index is 0.0778. The standard InChI is InChI=1S/C14H21ClN2O2/c1-3-13(15)6-4-7-14(19)17-9-5-8-16(10-11-17)12(2)18/h3-4,6H,5,7-11H2,1-2H3/b6-4-,13-3+. The summed E-state index contributed by atoms with van der Waals surface area (Å²) in [4.78, 5) is 26.9. The van der Waals surface area contributed by atoms with Crippen molar-refractivity contribution in [3.8, 4) is 0 Å². The Balaban J connectivity index is 2.45. The van der Waals surface area contributed by atoms with Gasteiger partial charge in [-0.1, -0.05) is 23.8 Å². The smallest absolute Gasteiger partial charge is 0.226 e. The molecule has 1 aliphatic heterocycles. The summed E-state index contributed by atoms with van der Waals surface area (Å²) in [5.41, 5.74) is 0. The molecule has 0 spiro atoms. The highest BCUT2D eigenvalue weighted by atomic mass is 35.5. The SMILES string of the molecule is C/C=C(Cl)\C=C/CC(=O)N1CCCN(C(C)=O)CC1. The molecule has 0 aliphatic carbocycles. The third kappa shape index (κ3) is 5.47. The van der Waals surface area contributed by atoms with Crippen LogP contribution in [0.2, 0.25) is 0 Å². The van der Waals surface area contributed by atoms with Gasteiger partial charge in [-0.05, 0) is 19.4 Å². The second-order valence-corrected chi connectivity index (χ2v) is 4.96. The van der Waals surface area contributed by atoms with Crippen LogP contribution in [0, 0.1) is 0 Å². The Morgan fingerprint density at radius 3 is 2.42 bits per heavy atom. The fraction of sp³-hybridized carbons (Fsp3) is 0.571. The highest BCUT2D eigenvalue weighted by Gasteiger charge is 2.19. The van der Waals surface area contributed by atoms with Crippen molar-refractivity contribution < 1.29 is 9.59 Å². The van der Waals surface area contributed by atoms with Gasteiger partial charge in [-0.15, -0.1) is 0 Å². The van der Waals surface area contributed by atoms with Gasteiger partial charge in [0.25, 0.3) is 0 Å². The van der Waals surface area contributed by atoms with E-state index < -0.39 is 0 Å². The van der Waals surface area contributed by atoms with E-state index in [1.54, 1.807) is 30.1 Å². The number of rotatable bonds is 3. The first-order chi connectivity index (χ1) is 9.04. The first-order valence-corrected chi connectivity index (χ1v) is 6.94. The van der Waals surface area contributed by atoms with Crippen molar-refractivity contribution in [2.24, 2.45) is 0 Å². The van der Waals surface area contributed by atoms with E-state index in [4.69, 9.17) is 11.6 Å². The molecule has 2 amide bonds. The Morgan fingerprint density at radius 1 is 1.16 bits per heavy atom. The summed E-state index contributed by atoms with van der Waals surface area (Å²) in [6.07, 6.45) is 6.48. The summed E-state index contributed by atoms with van der Waals surface area (Å²) < 4.78 is 0. The summed E-state index contributed by atoms with van der Waals surface area (Å²) in [5, 5.41) is 0.631. The molecule has 5 heteroatoms. The normalized spacial score (nSPS) is 17.7. The average Bonchev–Trinajstić information content (AvgIpc) is 2.64. The number of hydrogen-bond acceptors (Lipinski definition) is 2. The van der Waals surface area contributed by atoms with Gasteiger partial charge in [0.1, 0.15) is 0 Å². The molecule has 19 heavy (non-hydrogen) atoms. The van der Waals surface area contributed by atoms with Crippen LogP contribution in [0.4, 0.5) is 0 Å². The maximum Gasteiger partial charge on any atom is 0.226 e. The minimum absolute atomic E-state index is 0.0778. The van der Waals surface area contributed by atoms with Gasteiger partial charge in [0, 0.05) is 44.6 Å². The zero-order chi connectivity index (χ0) is 14.3. The Bertz CT molecular complexity index is 391. The Labute approximate surface area is 119 Å². The molecule has 106 valence electrons. The molecular weight excluding hydrogens is 264 g/mol. The Kier molecular flexibility index (Phi) is 6.64. The largest absolute Gasteiger partial charge is 0.341 e. The zero-order valence-corrected chi connectivity index (χ0v) is 12.3. The third-order valence-corrected chi connectivity index (χ3v) is 3.48. The van der Waals surface area contributed by atoms with Gasteiger partial charge in [0.15, 0.2) is 0 Å². The molecule has 1 heterocycles. The second kappa shape index (κ2) is 8.00. The van der Waals surface area contributed by atoms with Crippen LogP contribution in [0.1, 0.15) is 26.7 Å². The van der Waals surface area contributed by atoms with Crippen LogP contribution in [-0.4, -0.2) is 47.8 Å². The van der Waals surface area contributed by atoms with E-state index in [1.165, 1.54) is 0 Å². The molecule has 0 radical (unpaired) electrons. The number of amides is 2. The Morgan fingerprint density at radius 2 is 1.79 bits per heavy atom. The molecular formula is C14H21ClN2O2. The van der Waals surface area contributed by atoms with Crippen LogP contribution in [-0.2, 0) is 9.59 Å². The minimum Gasteiger partial charge on any atom is -0.341 e. The number of halogens is 1. The highest BCUT2D eigenvalue weighted by Crippen LogP contribution is 2.07. The lowest BCUT2D eigenvalue weighted by atomic mass is 10.3. The molecule has 0 aromatic carbocycles. The summed E-state index contributed by atoms with van der Waals surface area (Å²) in [7, 11) is 0. The van der Waals surface area contributed by atoms with E-state index in [9.17, 15) is 9.59 Å². The molecule has 1 saturated heterocycles. The molecule has 0 bridgehead atoms. The van der Waals surface area contributed by atoms with Crippen LogP contribution < -0.4 is 0 Å². The van der Waals surface area contributed by atoms with E-state index in [0.29, 0.717) is 31.1 Å². The molecule has 0 N–H and O–H groups in total. The van der Waals surface area contributed by atoms with Gasteiger partial charge in [-0.3, -0.25) is 9.59 Å². The van der Waals surface area contributed by atoms with E-state index >= 15 is 0 Å². The average molecular weight is 285 g/mol. The van der Waals surface area contributed by atoms with E-state index in [0.717, 1.165) is 13.0 Å². The molecule has 1 fully saturated rings. The molecule has 1 aliphatic rings. The molecule has 0 aromatic rings. The van der Waals surface area contributed by atoms with Crippen LogP contribution in [0.3, 0.4) is 0 Å². The van der Waals surface area contributed by atoms with Crippen molar-refractivity contribution >= 4 is 23.4 Å². The lowest BCUT2D eigenvalue weighted by Crippen LogP contribution is -2.36. The van der Waals surface area contributed by atoms with Crippen LogP contribution in [0.5, 0.6) is 0 Å². The quantitative estimate of drug-likeness (QED) is 0.745. The summed E-state index contributed by atoms with van der Waals surface area (Å²) in [6.45, 7) is 6.11. The number of carbonyl (C=O) groups is 2. The molecule has 0 atom stereocenters. The number of nitrogens with zero attached hydrogens (tertiary/aromatic N) is 2. The van der Waals surface area contributed by atoms with Crippen LogP contribution in [0.25, 0.3) is 0 Å². The van der Waals surface area contributed by atoms with Gasteiger partial charge < -0.3 is 9.80 Å². The van der Waals surface area contributed by atoms with Crippen LogP contribution >= 0.6 is 11.6 Å². The van der Waals surface area contributed by atoms with Crippen molar-refractivity contribution in [3.63, 3.8) is 0 Å². The first-order valence-electron chi connectivity index (χ1n) is 6.56. The van der Waals surface area contributed by atoms with E-state index in [-0.39, 0.29) is 11.8 Å². The molecule has 0 aromatic heterocycles. The van der Waals surface area contributed by atoms with Crippen molar-refractivity contribution in [1.29, 1.82) is 0 Å². The first kappa shape index (κ1) is 15.8. The maximum atomic E-state index is 12.0. The lowest BCUT2D eigenvalue weighted by molar-refractivity contribution is -0.132. The Hall–Kier alpha value is -1.29. The van der Waals surface area contributed by atoms with Gasteiger partial charge in [-0.25, -0.2) is 0 Å². The molecule has 0 unspecified atom stereocenters. The van der Waals surface area contributed by atoms with Gasteiger partial charge in [-0.2, -0.15) is 0 Å². The zero-order valence-electron chi connectivity index (χ0n) is 11.6. The maximum absolute atomic E-state index is 12.0. The molecule has 4 nitrogen and oxygen atoms in total. The molecule has 0 saturated carbocycles. The number of allylic oxidation sites excluding steroid dienone is 3. The lowest BCUT2D eigenvalue weighted by Gasteiger charge is -2.20. The number of carbonyl (C=O) groups excluding carboxylic acids is 2. The summed E-state index contributed by atoms with van der Waals surface area (Å²) in [6, 6.07) is 0. The predicted molar refractivity (Wildman–Crippen MR) is 76.8 cm³/mol. The fourth-order valence-electron chi connectivity index (χ4n) is 1.98. The van der Waals surface area contributed by atoms with E-state index in [2.05, 4.69) is 0 Å². The topological polar surface area (TPSA) is 40.6 Å². The predicted octanol–water partition coefficient (Wildman–Crippen LogP) is 2.16. The van der Waals surface area contributed by atoms with Crippen LogP contribution in [0.15, 0.2) is 23.3 Å². The fourth-order valence-corrected chi connectivity index (χ4v) is 2.07. The van der Waals surface area contributed by atoms with Gasteiger partial charge in [0.2, 0.25) is 11.8 Å². The molecule has 1 rings (SSSR count). The monoisotopic (exact) mass is 284 g/mol. The highest BCUT2D eigenvalue weighted by molar-refractivity contribution is 6.31. The van der Waals surface area contributed by atoms with Crippen molar-refractivity contribution in [2.75, 3.05) is 26.2 Å². The second-order valence-electron chi connectivity index (χ2n) is 4.52. The van der Waals surface area contributed by atoms with Gasteiger partial charge >= 0.3 is 0 Å². The number of hydrogen-bond donors (Lipinski definition) is 0. The van der Waals surface area contributed by atoms with Crippen molar-refractivity contribution in [2.45, 2.75) is 26.7 Å². The van der Waals surface area contributed by atoms with Crippen molar-refractivity contribution in [1.82, 2.24) is 9.80 Å². The summed E-state index contributed by atoms with van der Waals surface area (Å²) >= 11 is 5.82. The van der Waals surface area contributed by atoms with Crippen molar-refractivity contribution in [3.05, 3.63) is 23.3 Å². The van der Waals surface area contributed by atoms with E-state index in [1.807, 2.05) is 11.8 Å². The van der Waals surface area contributed by atoms with Gasteiger partial charge in [0.05, 0.1) is 0 Å². The summed E-state index contributed by atoms with van der Waals surface area (Å²) in [5.74, 6) is 0.163. The third-order valence-electron chi connectivity index (χ3n) is 3.14.